The summed E-state index contributed by atoms with van der Waals surface area (Å²) in [6.45, 7) is 7.60. The van der Waals surface area contributed by atoms with Gasteiger partial charge < -0.3 is 19.8 Å². The van der Waals surface area contributed by atoms with Crippen molar-refractivity contribution in [2.24, 2.45) is 0 Å². The summed E-state index contributed by atoms with van der Waals surface area (Å²) in [6, 6.07) is 15.3. The minimum atomic E-state index is -0.552. The van der Waals surface area contributed by atoms with E-state index < -0.39 is 11.9 Å². The van der Waals surface area contributed by atoms with Gasteiger partial charge in [0.15, 0.2) is 5.78 Å². The van der Waals surface area contributed by atoms with Crippen LogP contribution in [0.1, 0.15) is 42.0 Å². The van der Waals surface area contributed by atoms with Crippen LogP contribution in [0.15, 0.2) is 71.1 Å². The zero-order valence-electron chi connectivity index (χ0n) is 19.9. The lowest BCUT2D eigenvalue weighted by Crippen LogP contribution is -2.34. The highest BCUT2D eigenvalue weighted by Crippen LogP contribution is 2.39. The van der Waals surface area contributed by atoms with Crippen LogP contribution in [0.4, 0.5) is 0 Å². The fourth-order valence-corrected chi connectivity index (χ4v) is 4.36. The van der Waals surface area contributed by atoms with Crippen molar-refractivity contribution in [1.82, 2.24) is 5.32 Å². The molecule has 2 N–H and O–H groups in total. The van der Waals surface area contributed by atoms with Crippen LogP contribution in [0.3, 0.4) is 0 Å². The summed E-state index contributed by atoms with van der Waals surface area (Å²) in [7, 11) is 0. The number of hydrogen-bond acceptors (Lipinski definition) is 6. The molecule has 0 amide bonds. The first kappa shape index (κ1) is 26.2. The lowest BCUT2D eigenvalue weighted by atomic mass is 9.78. The molecule has 0 radical (unpaired) electrons. The quantitative estimate of drug-likeness (QED) is 0.337. The molecule has 8 heteroatoms. The number of ketones is 1. The van der Waals surface area contributed by atoms with Crippen molar-refractivity contribution < 1.29 is 24.1 Å². The molecule has 1 aliphatic rings. The molecule has 1 heterocycles. The van der Waals surface area contributed by atoms with Crippen LogP contribution in [0.25, 0.3) is 0 Å². The first-order valence-electron chi connectivity index (χ1n) is 11.1. The minimum absolute atomic E-state index is 0.0108. The Labute approximate surface area is 214 Å². The Balaban J connectivity index is 1.99. The molecule has 2 aromatic rings. The highest BCUT2D eigenvalue weighted by Gasteiger charge is 2.37. The van der Waals surface area contributed by atoms with Crippen LogP contribution in [0.5, 0.6) is 0 Å². The third-order valence-corrected chi connectivity index (χ3v) is 5.86. The second-order valence-corrected chi connectivity index (χ2v) is 10.1. The van der Waals surface area contributed by atoms with Crippen LogP contribution in [-0.4, -0.2) is 28.2 Å². The second kappa shape index (κ2) is 11.8. The Morgan fingerprint density at radius 1 is 1.06 bits per heavy atom. The number of Topliss-reactive ketones (excluding diaryl/α,β-unsaturated/α-hetero) is 1. The van der Waals surface area contributed by atoms with Gasteiger partial charge in [-0.15, -0.1) is 0 Å². The predicted molar refractivity (Wildman–Crippen MR) is 141 cm³/mol. The van der Waals surface area contributed by atoms with Crippen molar-refractivity contribution in [2.75, 3.05) is 6.61 Å². The van der Waals surface area contributed by atoms with Gasteiger partial charge in [0.2, 0.25) is 0 Å². The van der Waals surface area contributed by atoms with Crippen molar-refractivity contribution in [1.29, 1.82) is 0 Å². The number of benzene rings is 2. The largest absolute Gasteiger partial charge is 0.522 e. The van der Waals surface area contributed by atoms with Crippen LogP contribution in [0.2, 0.25) is 6.82 Å². The second-order valence-electron chi connectivity index (χ2n) is 8.37. The molecular formula is C26H29BINO5. The third kappa shape index (κ3) is 6.37. The molecule has 3 rings (SSSR count). The van der Waals surface area contributed by atoms with Crippen LogP contribution in [-0.2, 0) is 32.2 Å². The molecule has 0 fully saturated rings. The fourth-order valence-electron chi connectivity index (χ4n) is 4.12. The molecule has 0 aromatic heterocycles. The fraction of sp³-hybridized carbons (Fsp3) is 0.308. The highest BCUT2D eigenvalue weighted by molar-refractivity contribution is 14.1. The number of dihydropyridines is 1. The number of nitrogens with one attached hydrogen (secondary N) is 1. The first-order chi connectivity index (χ1) is 16.2. The van der Waals surface area contributed by atoms with Crippen molar-refractivity contribution in [3.8, 4) is 0 Å². The summed E-state index contributed by atoms with van der Waals surface area (Å²) in [5.41, 5.74) is 5.89. The Morgan fingerprint density at radius 2 is 1.74 bits per heavy atom. The molecular weight excluding hydrogens is 544 g/mol. The van der Waals surface area contributed by atoms with E-state index in [0.717, 1.165) is 22.3 Å². The first-order valence-corrected chi connectivity index (χ1v) is 12.4. The number of rotatable bonds is 9. The van der Waals surface area contributed by atoms with Crippen LogP contribution >= 0.6 is 22.4 Å². The smallest absolute Gasteiger partial charge is 0.428 e. The van der Waals surface area contributed by atoms with Gasteiger partial charge in [-0.2, -0.15) is 0 Å². The number of aryl methyl sites for hydroxylation is 1. The maximum atomic E-state index is 13.3. The highest BCUT2D eigenvalue weighted by atomic mass is 127. The molecule has 1 atom stereocenters. The van der Waals surface area contributed by atoms with E-state index >= 15 is 0 Å². The zero-order valence-corrected chi connectivity index (χ0v) is 22.0. The van der Waals surface area contributed by atoms with Crippen LogP contribution < -0.4 is 5.32 Å². The Morgan fingerprint density at radius 3 is 2.32 bits per heavy atom. The molecule has 0 saturated carbocycles. The summed E-state index contributed by atoms with van der Waals surface area (Å²) in [5, 5.41) is 12.5. The zero-order chi connectivity index (χ0) is 24.8. The Kier molecular flexibility index (Phi) is 9.10. The van der Waals surface area contributed by atoms with Gasteiger partial charge in [0.25, 0.3) is 0 Å². The number of aliphatic hydroxyl groups is 1. The molecule has 34 heavy (non-hydrogen) atoms. The maximum Gasteiger partial charge on any atom is 0.428 e. The van der Waals surface area contributed by atoms with E-state index in [0.29, 0.717) is 29.1 Å². The van der Waals surface area contributed by atoms with E-state index in [2.05, 4.69) is 5.32 Å². The number of aliphatic hydroxyl groups excluding tert-OH is 1. The number of carbonyl (C=O) groups is 2. The van der Waals surface area contributed by atoms with Gasteiger partial charge in [-0.1, -0.05) is 76.5 Å². The van der Waals surface area contributed by atoms with E-state index in [1.807, 2.05) is 84.8 Å². The number of allylic oxidation sites excluding steroid dienone is 2. The van der Waals surface area contributed by atoms with Gasteiger partial charge >= 0.3 is 10.7 Å². The van der Waals surface area contributed by atoms with Gasteiger partial charge in [0, 0.05) is 17.2 Å². The number of ether oxygens (including phenoxy) is 1. The van der Waals surface area contributed by atoms with E-state index in [-0.39, 0.29) is 23.8 Å². The monoisotopic (exact) mass is 573 g/mol. The van der Waals surface area contributed by atoms with Crippen molar-refractivity contribution in [3.05, 3.63) is 93.3 Å². The minimum Gasteiger partial charge on any atom is -0.522 e. The van der Waals surface area contributed by atoms with E-state index in [1.54, 1.807) is 6.82 Å². The molecule has 0 bridgehead atoms. The molecule has 1 unspecified atom stereocenters. The maximum absolute atomic E-state index is 13.3. The van der Waals surface area contributed by atoms with Crippen LogP contribution in [0, 0.1) is 6.92 Å². The number of hydrogen-bond donors (Lipinski definition) is 2. The molecule has 0 spiro atoms. The molecule has 178 valence electrons. The third-order valence-electron chi connectivity index (χ3n) is 5.61. The van der Waals surface area contributed by atoms with E-state index in [4.69, 9.17) is 9.39 Å². The van der Waals surface area contributed by atoms with Crippen molar-refractivity contribution in [3.63, 3.8) is 0 Å². The SMILES string of the molecule is CB(I)OC(=O)C1=C(COCc2ccc(CO)cc2)NC(C)=C(C(C)=O)C1c1cccc(C)c1. The van der Waals surface area contributed by atoms with Crippen molar-refractivity contribution in [2.45, 2.75) is 46.7 Å². The number of halogens is 1. The summed E-state index contributed by atoms with van der Waals surface area (Å²) in [4.78, 5) is 26.0. The predicted octanol–water partition coefficient (Wildman–Crippen LogP) is 4.60. The molecule has 0 saturated heterocycles. The molecule has 1 aliphatic heterocycles. The Hall–Kier alpha value is -2.43. The lowest BCUT2D eigenvalue weighted by molar-refractivity contribution is -0.130. The van der Waals surface area contributed by atoms with Gasteiger partial charge in [-0.25, -0.2) is 4.79 Å². The van der Waals surface area contributed by atoms with Gasteiger partial charge in [0.1, 0.15) is 0 Å². The molecule has 0 aliphatic carbocycles. The van der Waals surface area contributed by atoms with E-state index in [1.165, 1.54) is 6.92 Å². The average Bonchev–Trinajstić information content (AvgIpc) is 2.78. The normalized spacial score (nSPS) is 15.8. The van der Waals surface area contributed by atoms with E-state index in [9.17, 15) is 14.7 Å². The lowest BCUT2D eigenvalue weighted by Gasteiger charge is -2.32. The average molecular weight is 573 g/mol. The molecule has 2 aromatic carbocycles. The summed E-state index contributed by atoms with van der Waals surface area (Å²) in [6.07, 6.45) is 0. The Bertz CT molecular complexity index is 1120. The van der Waals surface area contributed by atoms with Crippen molar-refractivity contribution >= 4 is 38.9 Å². The van der Waals surface area contributed by atoms with Gasteiger partial charge in [-0.3, -0.25) is 4.79 Å². The standard InChI is InChI=1S/C26H29BINO5/c1-16-6-5-7-21(12-16)24-23(18(3)31)17(2)29-22(25(24)26(32)34-27(4)28)15-33-14-20-10-8-19(13-30)9-11-20/h5-12,24,29-30H,13-15H2,1-4H3. The van der Waals surface area contributed by atoms with Gasteiger partial charge in [0.05, 0.1) is 31.1 Å². The molecule has 6 nitrogen and oxygen atoms in total. The topological polar surface area (TPSA) is 84.9 Å². The summed E-state index contributed by atoms with van der Waals surface area (Å²) >= 11 is 2.04. The summed E-state index contributed by atoms with van der Waals surface area (Å²) < 4.78 is 11.2. The summed E-state index contributed by atoms with van der Waals surface area (Å²) in [5.74, 6) is -1.13. The van der Waals surface area contributed by atoms with Gasteiger partial charge in [-0.05, 0) is 44.3 Å². The number of carbonyl (C=O) groups excluding carboxylic acids is 2.